The number of halogens is 7. The Balaban J connectivity index is 1.31. The highest BCUT2D eigenvalue weighted by Gasteiger charge is 2.70. The fourth-order valence-corrected chi connectivity index (χ4v) is 9.55. The van der Waals surface area contributed by atoms with Gasteiger partial charge in [-0.15, -0.1) is 0 Å². The number of imide groups is 2. The molecule has 3 fully saturated rings. The zero-order valence-corrected chi connectivity index (χ0v) is 31.4. The van der Waals surface area contributed by atoms with Crippen LogP contribution in [0.3, 0.4) is 0 Å². The van der Waals surface area contributed by atoms with E-state index < -0.39 is 81.2 Å². The van der Waals surface area contributed by atoms with Gasteiger partial charge in [-0.2, -0.15) is 18.2 Å². The molecule has 4 amide bonds. The molecule has 1 aromatic heterocycles. The summed E-state index contributed by atoms with van der Waals surface area (Å²) in [4.78, 5) is 63.5. The van der Waals surface area contributed by atoms with Gasteiger partial charge in [-0.05, 0) is 85.3 Å². The number of alkyl halides is 3. The van der Waals surface area contributed by atoms with E-state index in [1.807, 2.05) is 0 Å². The molecule has 6 unspecified atom stereocenters. The largest absolute Gasteiger partial charge is 0.508 e. The van der Waals surface area contributed by atoms with Crippen molar-refractivity contribution in [1.29, 1.82) is 0 Å². The van der Waals surface area contributed by atoms with E-state index in [0.717, 1.165) is 10.5 Å². The van der Waals surface area contributed by atoms with Crippen LogP contribution in [0.2, 0.25) is 20.1 Å². The minimum absolute atomic E-state index is 0.103. The van der Waals surface area contributed by atoms with E-state index in [1.165, 1.54) is 18.2 Å². The summed E-state index contributed by atoms with van der Waals surface area (Å²) < 4.78 is 40.4. The lowest BCUT2D eigenvalue weighted by atomic mass is 9.49. The Labute approximate surface area is 331 Å². The van der Waals surface area contributed by atoms with Gasteiger partial charge in [0, 0.05) is 32.7 Å². The van der Waals surface area contributed by atoms with Crippen molar-refractivity contribution < 1.29 is 37.5 Å². The first-order valence-corrected chi connectivity index (χ1v) is 18.5. The molecular weight excluding hydrogens is 803 g/mol. The van der Waals surface area contributed by atoms with E-state index in [9.17, 15) is 32.7 Å². The third-order valence-corrected chi connectivity index (χ3v) is 12.5. The van der Waals surface area contributed by atoms with Crippen LogP contribution in [-0.2, 0) is 30.8 Å². The van der Waals surface area contributed by atoms with Crippen molar-refractivity contribution in [1.82, 2.24) is 9.99 Å². The highest BCUT2D eigenvalue weighted by Crippen LogP contribution is 2.65. The van der Waals surface area contributed by atoms with Gasteiger partial charge in [0.25, 0.3) is 11.8 Å². The minimum atomic E-state index is -4.77. The topological polar surface area (TPSA) is 120 Å². The van der Waals surface area contributed by atoms with Crippen LogP contribution in [0.1, 0.15) is 41.0 Å². The Hall–Kier alpha value is -4.62. The normalized spacial score (nSPS) is 26.2. The number of hydrogen-bond acceptors (Lipinski definition) is 7. The van der Waals surface area contributed by atoms with Crippen molar-refractivity contribution in [2.45, 2.75) is 37.3 Å². The van der Waals surface area contributed by atoms with Crippen LogP contribution in [0.4, 0.5) is 24.7 Å². The summed E-state index contributed by atoms with van der Waals surface area (Å²) in [5.74, 6) is -8.22. The lowest BCUT2D eigenvalue weighted by Gasteiger charge is -2.50. The molecule has 2 saturated heterocycles. The van der Waals surface area contributed by atoms with Gasteiger partial charge < -0.3 is 5.11 Å². The van der Waals surface area contributed by atoms with Gasteiger partial charge in [-0.1, -0.05) is 76.3 Å². The molecule has 8 rings (SSSR count). The zero-order chi connectivity index (χ0) is 39.3. The molecule has 0 radical (unpaired) electrons. The Morgan fingerprint density at radius 1 is 0.855 bits per heavy atom. The van der Waals surface area contributed by atoms with Crippen molar-refractivity contribution in [2.24, 2.45) is 23.7 Å². The van der Waals surface area contributed by atoms with Crippen LogP contribution in [0, 0.1) is 30.6 Å². The molecule has 55 heavy (non-hydrogen) atoms. The molecule has 3 aromatic carbocycles. The number of nitrogens with one attached hydrogen (secondary N) is 1. The summed E-state index contributed by atoms with van der Waals surface area (Å²) in [5.41, 5.74) is 1.66. The Morgan fingerprint density at radius 2 is 1.56 bits per heavy atom. The van der Waals surface area contributed by atoms with E-state index in [-0.39, 0.29) is 29.2 Å². The first-order valence-electron chi connectivity index (χ1n) is 17.0. The first kappa shape index (κ1) is 37.3. The lowest BCUT2D eigenvalue weighted by Crippen LogP contribution is -2.53. The molecule has 1 saturated carbocycles. The number of carbonyl (C=O) groups excluding carboxylic acids is 4. The SMILES string of the molecule is Cc1ccc(N2C(=O)C3CC=C4C(CC5C(=O)N(Nc6ncc(C(F)(F)F)cc6Cl)C(=O)C5(c5ccc(Cl)cc5)C4c4cc(Cl)ccc4O)C3C2=O)cc1Cl. The van der Waals surface area contributed by atoms with Crippen LogP contribution < -0.4 is 10.3 Å². The van der Waals surface area contributed by atoms with Gasteiger partial charge in [0.05, 0.1) is 39.4 Å². The number of pyridine rings is 1. The summed E-state index contributed by atoms with van der Waals surface area (Å²) in [6.45, 7) is 1.79. The maximum atomic E-state index is 15.3. The first-order chi connectivity index (χ1) is 26.0. The predicted octanol–water partition coefficient (Wildman–Crippen LogP) is 8.92. The minimum Gasteiger partial charge on any atom is -0.508 e. The molecule has 4 aromatic rings. The second-order valence-electron chi connectivity index (χ2n) is 14.1. The standard InChI is InChI=1S/C39H27Cl4F3N4O5/c1-17-2-8-22(14-28(17)42)49-34(52)24-10-9-23-25(31(24)36(49)54)15-27-35(53)50(48-33-29(43)12-19(16-47-33)39(44,45)46)37(55)38(27,18-3-5-20(40)6-4-18)32(23)26-13-21(41)7-11-30(26)51/h2-9,11-14,16,24-25,27,31-32,51H,10,15H2,1H3,(H,47,48). The monoisotopic (exact) mass is 828 g/mol. The number of allylic oxidation sites excluding steroid dienone is 2. The maximum absolute atomic E-state index is 15.3. The van der Waals surface area contributed by atoms with Crippen LogP contribution in [-0.4, -0.2) is 38.7 Å². The average Bonchev–Trinajstić information content (AvgIpc) is 3.52. The van der Waals surface area contributed by atoms with Gasteiger partial charge in [-0.3, -0.25) is 24.6 Å². The van der Waals surface area contributed by atoms with Gasteiger partial charge in [-0.25, -0.2) is 9.88 Å². The van der Waals surface area contributed by atoms with Crippen LogP contribution in [0.15, 0.2) is 84.6 Å². The number of carbonyl (C=O) groups is 4. The second-order valence-corrected chi connectivity index (χ2v) is 15.8. The van der Waals surface area contributed by atoms with Gasteiger partial charge in [0.15, 0.2) is 5.82 Å². The highest BCUT2D eigenvalue weighted by molar-refractivity contribution is 6.33. The molecular formula is C39H27Cl4F3N4O5. The van der Waals surface area contributed by atoms with E-state index in [4.69, 9.17) is 46.4 Å². The molecule has 16 heteroatoms. The van der Waals surface area contributed by atoms with Gasteiger partial charge in [0.2, 0.25) is 11.8 Å². The van der Waals surface area contributed by atoms with E-state index >= 15 is 4.79 Å². The molecule has 0 bridgehead atoms. The number of phenolic OH excluding ortho intramolecular Hbond substituents is 1. The number of aryl methyl sites for hydroxylation is 1. The third kappa shape index (κ3) is 5.71. The molecule has 4 aliphatic rings. The van der Waals surface area contributed by atoms with Crippen LogP contribution in [0.25, 0.3) is 0 Å². The van der Waals surface area contributed by atoms with E-state index in [0.29, 0.717) is 44.1 Å². The molecule has 282 valence electrons. The number of amides is 4. The molecule has 2 aliphatic heterocycles. The number of aromatic hydroxyl groups is 1. The Kier molecular flexibility index (Phi) is 8.99. The number of phenols is 1. The van der Waals surface area contributed by atoms with Gasteiger partial charge in [0.1, 0.15) is 5.75 Å². The number of nitrogens with zero attached hydrogens (tertiary/aromatic N) is 3. The third-order valence-electron chi connectivity index (χ3n) is 11.3. The number of anilines is 2. The van der Waals surface area contributed by atoms with Crippen molar-refractivity contribution in [3.8, 4) is 5.75 Å². The number of aromatic nitrogens is 1. The fraction of sp³-hybridized carbons (Fsp3) is 0.256. The van der Waals surface area contributed by atoms with Crippen LogP contribution >= 0.6 is 46.4 Å². The molecule has 3 heterocycles. The number of hydrogen-bond donors (Lipinski definition) is 2. The number of benzene rings is 3. The summed E-state index contributed by atoms with van der Waals surface area (Å²) in [7, 11) is 0. The number of hydrazine groups is 1. The number of fused-ring (bicyclic) bond motifs is 4. The number of rotatable bonds is 5. The molecule has 0 spiro atoms. The Morgan fingerprint density at radius 3 is 2.24 bits per heavy atom. The Bertz CT molecular complexity index is 2370. The lowest BCUT2D eigenvalue weighted by molar-refractivity contribution is -0.139. The average molecular weight is 830 g/mol. The predicted molar refractivity (Wildman–Crippen MR) is 199 cm³/mol. The van der Waals surface area contributed by atoms with Crippen molar-refractivity contribution in [3.63, 3.8) is 0 Å². The molecule has 2 N–H and O–H groups in total. The summed E-state index contributed by atoms with van der Waals surface area (Å²) in [6.07, 6.45) is -2.46. The van der Waals surface area contributed by atoms with E-state index in [1.54, 1.807) is 55.5 Å². The van der Waals surface area contributed by atoms with Gasteiger partial charge >= 0.3 is 6.18 Å². The summed E-state index contributed by atoms with van der Waals surface area (Å²) in [5, 5.41) is 12.6. The summed E-state index contributed by atoms with van der Waals surface area (Å²) in [6, 6.07) is 16.0. The van der Waals surface area contributed by atoms with Crippen molar-refractivity contribution >= 4 is 81.5 Å². The van der Waals surface area contributed by atoms with Crippen molar-refractivity contribution in [3.05, 3.63) is 127 Å². The quantitative estimate of drug-likeness (QED) is 0.152. The smallest absolute Gasteiger partial charge is 0.417 e. The summed E-state index contributed by atoms with van der Waals surface area (Å²) >= 11 is 25.5. The molecule has 9 nitrogen and oxygen atoms in total. The molecule has 2 aliphatic carbocycles. The van der Waals surface area contributed by atoms with Crippen molar-refractivity contribution in [2.75, 3.05) is 10.3 Å². The second kappa shape index (κ2) is 13.3. The molecule has 6 atom stereocenters. The fourth-order valence-electron chi connectivity index (χ4n) is 8.86. The maximum Gasteiger partial charge on any atom is 0.417 e. The van der Waals surface area contributed by atoms with E-state index in [2.05, 4.69) is 10.4 Å². The zero-order valence-electron chi connectivity index (χ0n) is 28.4. The van der Waals surface area contributed by atoms with Crippen LogP contribution in [0.5, 0.6) is 5.75 Å². The highest BCUT2D eigenvalue weighted by atomic mass is 35.5.